The lowest BCUT2D eigenvalue weighted by Crippen LogP contribution is -2.47. The van der Waals surface area contributed by atoms with Gasteiger partial charge < -0.3 is 4.48 Å². The van der Waals surface area contributed by atoms with E-state index in [-0.39, 0.29) is 0 Å². The Morgan fingerprint density at radius 1 is 0.810 bits per heavy atom. The van der Waals surface area contributed by atoms with E-state index >= 15 is 0 Å². The van der Waals surface area contributed by atoms with Crippen molar-refractivity contribution in [3.8, 4) is 0 Å². The molecule has 3 heteroatoms. The molecule has 0 aliphatic rings. The second-order valence-corrected chi connectivity index (χ2v) is 6.10. The van der Waals surface area contributed by atoms with Gasteiger partial charge in [-0.15, -0.1) is 0 Å². The lowest BCUT2D eigenvalue weighted by Gasteiger charge is -2.35. The van der Waals surface area contributed by atoms with Crippen LogP contribution in [0.3, 0.4) is 0 Å². The van der Waals surface area contributed by atoms with Crippen molar-refractivity contribution in [2.24, 2.45) is 0 Å². The Morgan fingerprint density at radius 3 is 1.76 bits per heavy atom. The van der Waals surface area contributed by atoms with Gasteiger partial charge in [-0.1, -0.05) is 12.1 Å². The first-order valence-electron chi connectivity index (χ1n) is 8.04. The number of benzene rings is 1. The summed E-state index contributed by atoms with van der Waals surface area (Å²) in [6.07, 6.45) is 0. The summed E-state index contributed by atoms with van der Waals surface area (Å²) in [4.78, 5) is 9.84. The molecule has 3 nitrogen and oxygen atoms in total. The van der Waals surface area contributed by atoms with E-state index < -0.39 is 0 Å². The first-order valence-corrected chi connectivity index (χ1v) is 8.04. The summed E-state index contributed by atoms with van der Waals surface area (Å²) >= 11 is 0. The summed E-state index contributed by atoms with van der Waals surface area (Å²) in [5.41, 5.74) is 6.78. The Labute approximate surface area is 128 Å². The maximum Gasteiger partial charge on any atom is 0.123 e. The van der Waals surface area contributed by atoms with Gasteiger partial charge in [-0.2, -0.15) is 0 Å². The molecule has 0 unspecified atom stereocenters. The molecule has 0 radical (unpaired) electrons. The third-order valence-corrected chi connectivity index (χ3v) is 5.00. The van der Waals surface area contributed by atoms with E-state index in [0.717, 1.165) is 53.1 Å². The average Bonchev–Trinajstić information content (AvgIpc) is 2.50. The van der Waals surface area contributed by atoms with E-state index in [1.807, 2.05) is 0 Å². The van der Waals surface area contributed by atoms with Crippen molar-refractivity contribution >= 4 is 11.0 Å². The van der Waals surface area contributed by atoms with Crippen molar-refractivity contribution in [3.05, 3.63) is 34.6 Å². The standard InChI is InChI=1S/C18H28N3/c1-7-21(8-2,9-3)12-16-15(6)19-17-13(4)10-11-14(5)18(17)20-16/h10-11H,7-9,12H2,1-6H3/q+1. The van der Waals surface area contributed by atoms with Gasteiger partial charge in [-0.25, -0.2) is 9.97 Å². The topological polar surface area (TPSA) is 25.8 Å². The summed E-state index contributed by atoms with van der Waals surface area (Å²) < 4.78 is 1.08. The molecule has 1 aromatic carbocycles. The van der Waals surface area contributed by atoms with Crippen LogP contribution in [0, 0.1) is 20.8 Å². The largest absolute Gasteiger partial charge is 0.319 e. The minimum Gasteiger partial charge on any atom is -0.319 e. The molecule has 0 saturated heterocycles. The summed E-state index contributed by atoms with van der Waals surface area (Å²) in [5, 5.41) is 0. The van der Waals surface area contributed by atoms with Crippen LogP contribution in [-0.2, 0) is 6.54 Å². The van der Waals surface area contributed by atoms with E-state index in [4.69, 9.17) is 9.97 Å². The average molecular weight is 286 g/mol. The van der Waals surface area contributed by atoms with Crippen molar-refractivity contribution in [2.75, 3.05) is 19.6 Å². The van der Waals surface area contributed by atoms with Crippen molar-refractivity contribution in [3.63, 3.8) is 0 Å². The highest BCUT2D eigenvalue weighted by Crippen LogP contribution is 2.22. The normalized spacial score (nSPS) is 12.1. The van der Waals surface area contributed by atoms with Gasteiger partial charge in [0, 0.05) is 0 Å². The van der Waals surface area contributed by atoms with Crippen LogP contribution in [0.1, 0.15) is 43.3 Å². The van der Waals surface area contributed by atoms with Gasteiger partial charge in [0.1, 0.15) is 12.2 Å². The van der Waals surface area contributed by atoms with Crippen LogP contribution < -0.4 is 0 Å². The molecule has 0 atom stereocenters. The van der Waals surface area contributed by atoms with Gasteiger partial charge in [0.25, 0.3) is 0 Å². The van der Waals surface area contributed by atoms with E-state index in [1.54, 1.807) is 0 Å². The molecular weight excluding hydrogens is 258 g/mol. The minimum atomic E-state index is 0.978. The van der Waals surface area contributed by atoms with Crippen molar-refractivity contribution in [2.45, 2.75) is 48.1 Å². The van der Waals surface area contributed by atoms with Gasteiger partial charge in [-0.05, 0) is 52.7 Å². The zero-order chi connectivity index (χ0) is 15.6. The number of aryl methyl sites for hydroxylation is 3. The second kappa shape index (κ2) is 6.10. The molecule has 114 valence electrons. The quantitative estimate of drug-likeness (QED) is 0.778. The minimum absolute atomic E-state index is 0.978. The number of nitrogens with zero attached hydrogens (tertiary/aromatic N) is 3. The fraction of sp³-hybridized carbons (Fsp3) is 0.556. The number of aromatic nitrogens is 2. The van der Waals surface area contributed by atoms with Gasteiger partial charge in [0.05, 0.1) is 36.4 Å². The molecule has 0 fully saturated rings. The molecule has 2 rings (SSSR count). The van der Waals surface area contributed by atoms with Crippen LogP contribution in [0.15, 0.2) is 12.1 Å². The summed E-state index contributed by atoms with van der Waals surface area (Å²) in [7, 11) is 0. The van der Waals surface area contributed by atoms with Crippen LogP contribution in [0.4, 0.5) is 0 Å². The molecule has 0 aliphatic heterocycles. The van der Waals surface area contributed by atoms with Gasteiger partial charge in [0.2, 0.25) is 0 Å². The lowest BCUT2D eigenvalue weighted by molar-refractivity contribution is -0.936. The predicted octanol–water partition coefficient (Wildman–Crippen LogP) is 3.93. The third kappa shape index (κ3) is 2.93. The Kier molecular flexibility index (Phi) is 4.62. The highest BCUT2D eigenvalue weighted by Gasteiger charge is 2.24. The van der Waals surface area contributed by atoms with Crippen LogP contribution >= 0.6 is 0 Å². The maximum atomic E-state index is 4.99. The molecule has 0 amide bonds. The molecule has 1 aromatic heterocycles. The maximum absolute atomic E-state index is 4.99. The van der Waals surface area contributed by atoms with Crippen molar-refractivity contribution in [1.29, 1.82) is 0 Å². The van der Waals surface area contributed by atoms with Crippen molar-refractivity contribution in [1.82, 2.24) is 9.97 Å². The van der Waals surface area contributed by atoms with Crippen LogP contribution in [-0.4, -0.2) is 34.1 Å². The Hall–Kier alpha value is -1.48. The smallest absolute Gasteiger partial charge is 0.123 e. The fourth-order valence-corrected chi connectivity index (χ4v) is 2.99. The zero-order valence-corrected chi connectivity index (χ0v) is 14.3. The third-order valence-electron chi connectivity index (χ3n) is 5.00. The van der Waals surface area contributed by atoms with E-state index in [9.17, 15) is 0 Å². The molecular formula is C18H28N3+. The van der Waals surface area contributed by atoms with Crippen molar-refractivity contribution < 1.29 is 4.48 Å². The lowest BCUT2D eigenvalue weighted by atomic mass is 10.1. The van der Waals surface area contributed by atoms with Gasteiger partial charge >= 0.3 is 0 Å². The summed E-state index contributed by atoms with van der Waals surface area (Å²) in [5.74, 6) is 0. The number of fused-ring (bicyclic) bond motifs is 1. The molecule has 0 bridgehead atoms. The molecule has 21 heavy (non-hydrogen) atoms. The monoisotopic (exact) mass is 286 g/mol. The highest BCUT2D eigenvalue weighted by atomic mass is 15.3. The van der Waals surface area contributed by atoms with Crippen LogP contribution in [0.5, 0.6) is 0 Å². The molecule has 0 saturated carbocycles. The highest BCUT2D eigenvalue weighted by molar-refractivity contribution is 5.81. The number of hydrogen-bond acceptors (Lipinski definition) is 2. The summed E-state index contributed by atoms with van der Waals surface area (Å²) in [6, 6.07) is 4.28. The Bertz CT molecular complexity index is 634. The van der Waals surface area contributed by atoms with Crippen LogP contribution in [0.2, 0.25) is 0 Å². The van der Waals surface area contributed by atoms with Gasteiger partial charge in [-0.3, -0.25) is 0 Å². The Balaban J connectivity index is 2.55. The molecule has 2 aromatic rings. The molecule has 0 N–H and O–H groups in total. The van der Waals surface area contributed by atoms with Gasteiger partial charge in [0.15, 0.2) is 0 Å². The number of quaternary nitrogens is 1. The van der Waals surface area contributed by atoms with E-state index in [2.05, 4.69) is 53.7 Å². The second-order valence-electron chi connectivity index (χ2n) is 6.10. The first-order chi connectivity index (χ1) is 9.96. The van der Waals surface area contributed by atoms with E-state index in [1.165, 1.54) is 11.1 Å². The Morgan fingerprint density at radius 2 is 1.29 bits per heavy atom. The SMILES string of the molecule is CC[N+](CC)(CC)Cc1nc2c(C)ccc(C)c2nc1C. The fourth-order valence-electron chi connectivity index (χ4n) is 2.99. The molecule has 1 heterocycles. The van der Waals surface area contributed by atoms with Crippen LogP contribution in [0.25, 0.3) is 11.0 Å². The number of rotatable bonds is 5. The molecule has 0 spiro atoms. The zero-order valence-electron chi connectivity index (χ0n) is 14.3. The summed E-state index contributed by atoms with van der Waals surface area (Å²) in [6.45, 7) is 17.5. The first kappa shape index (κ1) is 15.9. The number of hydrogen-bond donors (Lipinski definition) is 0. The predicted molar refractivity (Wildman–Crippen MR) is 89.3 cm³/mol. The van der Waals surface area contributed by atoms with E-state index in [0.29, 0.717) is 0 Å². The molecule has 0 aliphatic carbocycles.